The zero-order valence-corrected chi connectivity index (χ0v) is 13.5. The lowest BCUT2D eigenvalue weighted by atomic mass is 9.96. The Morgan fingerprint density at radius 3 is 2.54 bits per heavy atom. The summed E-state index contributed by atoms with van der Waals surface area (Å²) in [6.07, 6.45) is -2.64. The molecule has 1 aromatic carbocycles. The number of halogens is 3. The van der Waals surface area contributed by atoms with Gasteiger partial charge in [-0.05, 0) is 36.2 Å². The van der Waals surface area contributed by atoms with Gasteiger partial charge in [-0.3, -0.25) is 9.88 Å². The average molecular weight is 335 g/mol. The second-order valence-corrected chi connectivity index (χ2v) is 6.02. The summed E-state index contributed by atoms with van der Waals surface area (Å²) in [7, 11) is 0. The number of pyridine rings is 1. The summed E-state index contributed by atoms with van der Waals surface area (Å²) >= 11 is 0. The Balaban J connectivity index is 2.06. The number of rotatable bonds is 3. The standard InChI is InChI=1S/C18H20F3N3/c1-13-4-3-7-23-16(13)17(24-10-8-22-9-11-24)14-5-2-6-15(12-14)18(19,20)21/h2-7,12,17,22H,8-11H2,1H3. The molecule has 0 saturated carbocycles. The Morgan fingerprint density at radius 1 is 1.12 bits per heavy atom. The van der Waals surface area contributed by atoms with Gasteiger partial charge in [-0.2, -0.15) is 13.2 Å². The number of benzene rings is 1. The molecule has 2 heterocycles. The summed E-state index contributed by atoms with van der Waals surface area (Å²) in [5, 5.41) is 3.28. The minimum absolute atomic E-state index is 0.268. The highest BCUT2D eigenvalue weighted by molar-refractivity contribution is 5.35. The van der Waals surface area contributed by atoms with Crippen LogP contribution in [0.3, 0.4) is 0 Å². The lowest BCUT2D eigenvalue weighted by Gasteiger charge is -2.35. The maximum Gasteiger partial charge on any atom is 0.416 e. The molecule has 3 nitrogen and oxygen atoms in total. The first-order valence-corrected chi connectivity index (χ1v) is 8.00. The minimum Gasteiger partial charge on any atom is -0.314 e. The van der Waals surface area contributed by atoms with Gasteiger partial charge >= 0.3 is 6.18 Å². The molecule has 0 amide bonds. The lowest BCUT2D eigenvalue weighted by molar-refractivity contribution is -0.137. The largest absolute Gasteiger partial charge is 0.416 e. The number of aromatic nitrogens is 1. The predicted molar refractivity (Wildman–Crippen MR) is 86.7 cm³/mol. The number of hydrogen-bond acceptors (Lipinski definition) is 3. The van der Waals surface area contributed by atoms with E-state index < -0.39 is 11.7 Å². The van der Waals surface area contributed by atoms with Crippen LogP contribution in [0.15, 0.2) is 42.6 Å². The minimum atomic E-state index is -4.34. The van der Waals surface area contributed by atoms with Gasteiger partial charge in [0, 0.05) is 32.4 Å². The van der Waals surface area contributed by atoms with E-state index in [2.05, 4.69) is 15.2 Å². The zero-order chi connectivity index (χ0) is 17.2. The third-order valence-electron chi connectivity index (χ3n) is 4.36. The molecule has 0 aliphatic carbocycles. The molecule has 1 aliphatic heterocycles. The van der Waals surface area contributed by atoms with E-state index in [1.807, 2.05) is 19.1 Å². The van der Waals surface area contributed by atoms with Gasteiger partial charge in [-0.1, -0.05) is 18.2 Å². The van der Waals surface area contributed by atoms with Crippen molar-refractivity contribution in [3.8, 4) is 0 Å². The van der Waals surface area contributed by atoms with Crippen molar-refractivity contribution in [3.05, 3.63) is 65.0 Å². The number of nitrogens with one attached hydrogen (secondary N) is 1. The molecule has 1 atom stereocenters. The molecule has 1 fully saturated rings. The Labute approximate surface area is 139 Å². The molecule has 1 aliphatic rings. The van der Waals surface area contributed by atoms with E-state index in [4.69, 9.17) is 0 Å². The van der Waals surface area contributed by atoms with Crippen LogP contribution in [0.25, 0.3) is 0 Å². The molecule has 6 heteroatoms. The van der Waals surface area contributed by atoms with E-state index in [-0.39, 0.29) is 6.04 Å². The Bertz CT molecular complexity index is 694. The molecule has 0 spiro atoms. The van der Waals surface area contributed by atoms with E-state index in [9.17, 15) is 13.2 Å². The topological polar surface area (TPSA) is 28.2 Å². The fourth-order valence-electron chi connectivity index (χ4n) is 3.15. The summed E-state index contributed by atoms with van der Waals surface area (Å²) in [5.74, 6) is 0. The van der Waals surface area contributed by atoms with E-state index in [0.29, 0.717) is 5.56 Å². The van der Waals surface area contributed by atoms with Crippen LogP contribution in [0.4, 0.5) is 13.2 Å². The van der Waals surface area contributed by atoms with Crippen molar-refractivity contribution in [1.29, 1.82) is 0 Å². The zero-order valence-electron chi connectivity index (χ0n) is 13.5. The van der Waals surface area contributed by atoms with Gasteiger partial charge in [0.25, 0.3) is 0 Å². The fraction of sp³-hybridized carbons (Fsp3) is 0.389. The van der Waals surface area contributed by atoms with Crippen molar-refractivity contribution in [1.82, 2.24) is 15.2 Å². The molecule has 1 saturated heterocycles. The SMILES string of the molecule is Cc1cccnc1C(c1cccc(C(F)(F)F)c1)N1CCNCC1. The van der Waals surface area contributed by atoms with Crippen LogP contribution in [-0.2, 0) is 6.18 Å². The van der Waals surface area contributed by atoms with Crippen LogP contribution in [0, 0.1) is 6.92 Å². The highest BCUT2D eigenvalue weighted by atomic mass is 19.4. The lowest BCUT2D eigenvalue weighted by Crippen LogP contribution is -2.45. The van der Waals surface area contributed by atoms with E-state index in [1.54, 1.807) is 12.3 Å². The number of nitrogens with zero attached hydrogens (tertiary/aromatic N) is 2. The summed E-state index contributed by atoms with van der Waals surface area (Å²) in [4.78, 5) is 6.67. The Hall–Kier alpha value is -1.92. The number of alkyl halides is 3. The fourth-order valence-corrected chi connectivity index (χ4v) is 3.15. The van der Waals surface area contributed by atoms with Gasteiger partial charge < -0.3 is 5.32 Å². The molecular weight excluding hydrogens is 315 g/mol. The maximum absolute atomic E-state index is 13.1. The normalized spacial score (nSPS) is 17.7. The van der Waals surface area contributed by atoms with Crippen LogP contribution in [0.5, 0.6) is 0 Å². The average Bonchev–Trinajstić information content (AvgIpc) is 2.57. The van der Waals surface area contributed by atoms with Gasteiger partial charge in [-0.25, -0.2) is 0 Å². The molecule has 2 aromatic rings. The molecule has 0 bridgehead atoms. The summed E-state index contributed by atoms with van der Waals surface area (Å²) in [6, 6.07) is 9.13. The molecule has 24 heavy (non-hydrogen) atoms. The molecule has 128 valence electrons. The first-order valence-electron chi connectivity index (χ1n) is 8.00. The van der Waals surface area contributed by atoms with E-state index in [1.165, 1.54) is 12.1 Å². The van der Waals surface area contributed by atoms with Gasteiger partial charge in [-0.15, -0.1) is 0 Å². The second kappa shape index (κ2) is 6.91. The van der Waals surface area contributed by atoms with Crippen molar-refractivity contribution >= 4 is 0 Å². The van der Waals surface area contributed by atoms with Gasteiger partial charge in [0.15, 0.2) is 0 Å². The van der Waals surface area contributed by atoms with Crippen LogP contribution in [-0.4, -0.2) is 36.1 Å². The third-order valence-corrected chi connectivity index (χ3v) is 4.36. The van der Waals surface area contributed by atoms with E-state index >= 15 is 0 Å². The van der Waals surface area contributed by atoms with Crippen LogP contribution >= 0.6 is 0 Å². The van der Waals surface area contributed by atoms with Gasteiger partial charge in [0.05, 0.1) is 17.3 Å². The molecule has 0 radical (unpaired) electrons. The predicted octanol–water partition coefficient (Wildman–Crippen LogP) is 3.40. The number of hydrogen-bond donors (Lipinski definition) is 1. The van der Waals surface area contributed by atoms with Crippen LogP contribution in [0.2, 0.25) is 0 Å². The number of piperazine rings is 1. The molecule has 3 rings (SSSR count). The number of aryl methyl sites for hydroxylation is 1. The first-order chi connectivity index (χ1) is 11.5. The van der Waals surface area contributed by atoms with Crippen molar-refractivity contribution in [2.75, 3.05) is 26.2 Å². The van der Waals surface area contributed by atoms with Crippen molar-refractivity contribution < 1.29 is 13.2 Å². The maximum atomic E-state index is 13.1. The Kier molecular flexibility index (Phi) is 4.87. The van der Waals surface area contributed by atoms with Crippen molar-refractivity contribution in [2.45, 2.75) is 19.1 Å². The van der Waals surface area contributed by atoms with Gasteiger partial charge in [0.1, 0.15) is 0 Å². The molecule has 1 unspecified atom stereocenters. The summed E-state index contributed by atoms with van der Waals surface area (Å²) in [6.45, 7) is 5.14. The van der Waals surface area contributed by atoms with Crippen molar-refractivity contribution in [3.63, 3.8) is 0 Å². The monoisotopic (exact) mass is 335 g/mol. The molecular formula is C18H20F3N3. The smallest absolute Gasteiger partial charge is 0.314 e. The molecule has 1 N–H and O–H groups in total. The van der Waals surface area contributed by atoms with E-state index in [0.717, 1.165) is 43.5 Å². The second-order valence-electron chi connectivity index (χ2n) is 6.02. The summed E-state index contributed by atoms with van der Waals surface area (Å²) in [5.41, 5.74) is 1.82. The van der Waals surface area contributed by atoms with Crippen LogP contribution in [0.1, 0.15) is 28.4 Å². The van der Waals surface area contributed by atoms with Crippen LogP contribution < -0.4 is 5.32 Å². The van der Waals surface area contributed by atoms with Crippen molar-refractivity contribution in [2.24, 2.45) is 0 Å². The quantitative estimate of drug-likeness (QED) is 0.932. The Morgan fingerprint density at radius 2 is 1.88 bits per heavy atom. The molecule has 1 aromatic heterocycles. The highest BCUT2D eigenvalue weighted by Gasteiger charge is 2.32. The summed E-state index contributed by atoms with van der Waals surface area (Å²) < 4.78 is 39.3. The first kappa shape index (κ1) is 16.9. The highest BCUT2D eigenvalue weighted by Crippen LogP contribution is 2.34. The van der Waals surface area contributed by atoms with Gasteiger partial charge in [0.2, 0.25) is 0 Å². The third kappa shape index (κ3) is 3.60.